The van der Waals surface area contributed by atoms with Crippen molar-refractivity contribution >= 4 is 29.0 Å². The first kappa shape index (κ1) is 35.0. The van der Waals surface area contributed by atoms with Crippen LogP contribution in [0.25, 0.3) is 16.9 Å². The van der Waals surface area contributed by atoms with E-state index in [1.54, 1.807) is 12.1 Å². The predicted octanol–water partition coefficient (Wildman–Crippen LogP) is 7.18. The number of anilines is 2. The average molecular weight is 670 g/mol. The lowest BCUT2D eigenvalue weighted by Crippen LogP contribution is -2.38. The van der Waals surface area contributed by atoms with Crippen molar-refractivity contribution < 1.29 is 49.8 Å². The fraction of sp³-hybridized carbons (Fsp3) is 0.355. The number of esters is 1. The fourth-order valence-electron chi connectivity index (χ4n) is 4.93. The molecule has 47 heavy (non-hydrogen) atoms. The molecule has 0 bridgehead atoms. The summed E-state index contributed by atoms with van der Waals surface area (Å²) in [6.45, 7) is 2.41. The van der Waals surface area contributed by atoms with Crippen molar-refractivity contribution in [2.24, 2.45) is 5.92 Å². The Morgan fingerprint density at radius 3 is 2.36 bits per heavy atom. The van der Waals surface area contributed by atoms with E-state index >= 15 is 0 Å². The molecular weight excluding hydrogens is 639 g/mol. The second-order valence-electron chi connectivity index (χ2n) is 10.5. The first-order valence-electron chi connectivity index (χ1n) is 14.3. The molecule has 5 rings (SSSR count). The van der Waals surface area contributed by atoms with Crippen molar-refractivity contribution in [3.8, 4) is 17.0 Å². The molecule has 2 aromatic carbocycles. The van der Waals surface area contributed by atoms with Gasteiger partial charge in [-0.25, -0.2) is 19.2 Å². The van der Waals surface area contributed by atoms with Gasteiger partial charge in [-0.1, -0.05) is 13.8 Å². The van der Waals surface area contributed by atoms with Gasteiger partial charge in [0.25, 0.3) is 5.91 Å². The number of carbonyl (C=O) groups is 2. The number of aryl methyl sites for hydroxylation is 1. The number of rotatable bonds is 7. The number of piperidine rings is 1. The number of methoxy groups -OCH3 is 1. The highest BCUT2D eigenvalue weighted by atomic mass is 19.4. The van der Waals surface area contributed by atoms with Gasteiger partial charge in [-0.05, 0) is 61.1 Å². The van der Waals surface area contributed by atoms with Crippen LogP contribution >= 0.6 is 0 Å². The van der Waals surface area contributed by atoms with Gasteiger partial charge >= 0.3 is 18.8 Å². The summed E-state index contributed by atoms with van der Waals surface area (Å²) in [5, 5.41) is 3.20. The van der Waals surface area contributed by atoms with Crippen LogP contribution in [0.3, 0.4) is 0 Å². The standard InChI is InChI=1S/C28H27F4N5O2.C3H3F3O2/c1-3-17-14-18(4-5-19(17)27(38)36-11-8-16(2)9-12-36)35-25-26-34-15-21(37(26)13-10-33-25)20-6-7-22(39-28(31)32)24(30)23(20)29;1-8-2(7)3(4,5)6/h4-7,10,13-16,28H,3,8-9,11-12H2,1-2H3,(H,33,35);1H3. The van der Waals surface area contributed by atoms with E-state index in [0.29, 0.717) is 42.2 Å². The number of halogens is 7. The molecule has 2 aromatic heterocycles. The van der Waals surface area contributed by atoms with Crippen molar-refractivity contribution in [3.63, 3.8) is 0 Å². The minimum absolute atomic E-state index is 0.0302. The van der Waals surface area contributed by atoms with Crippen LogP contribution in [0.2, 0.25) is 0 Å². The van der Waals surface area contributed by atoms with E-state index in [0.717, 1.165) is 43.6 Å². The maximum Gasteiger partial charge on any atom is 0.490 e. The Labute approximate surface area is 264 Å². The summed E-state index contributed by atoms with van der Waals surface area (Å²) in [6.07, 6.45) is 2.14. The number of likely N-dealkylation sites (tertiary alicyclic amines) is 1. The smallest absolute Gasteiger partial charge is 0.462 e. The molecule has 0 radical (unpaired) electrons. The highest BCUT2D eigenvalue weighted by Gasteiger charge is 2.40. The third kappa shape index (κ3) is 8.10. The number of benzene rings is 2. The molecule has 1 fully saturated rings. The zero-order chi connectivity index (χ0) is 34.5. The number of fused-ring (bicyclic) bond motifs is 1. The molecule has 0 unspecified atom stereocenters. The number of aromatic nitrogens is 3. The molecule has 16 heteroatoms. The molecule has 1 aliphatic rings. The van der Waals surface area contributed by atoms with Crippen LogP contribution in [0.15, 0.2) is 48.9 Å². The van der Waals surface area contributed by atoms with E-state index in [4.69, 9.17) is 0 Å². The molecule has 4 aromatic rings. The van der Waals surface area contributed by atoms with Crippen LogP contribution < -0.4 is 10.1 Å². The van der Waals surface area contributed by atoms with Gasteiger partial charge in [0.2, 0.25) is 5.82 Å². The first-order chi connectivity index (χ1) is 22.2. The van der Waals surface area contributed by atoms with Crippen LogP contribution in [0.4, 0.5) is 42.2 Å². The van der Waals surface area contributed by atoms with Gasteiger partial charge in [-0.3, -0.25) is 9.20 Å². The number of ether oxygens (including phenoxy) is 2. The van der Waals surface area contributed by atoms with Crippen LogP contribution in [0.5, 0.6) is 5.75 Å². The molecule has 1 N–H and O–H groups in total. The molecule has 9 nitrogen and oxygen atoms in total. The Kier molecular flexibility index (Phi) is 10.9. The van der Waals surface area contributed by atoms with E-state index in [2.05, 4.69) is 31.7 Å². The lowest BCUT2D eigenvalue weighted by molar-refractivity contribution is -0.196. The van der Waals surface area contributed by atoms with E-state index < -0.39 is 36.1 Å². The summed E-state index contributed by atoms with van der Waals surface area (Å²) in [7, 11) is 0.676. The SMILES string of the molecule is CCc1cc(Nc2nccn3c(-c4ccc(OC(F)F)c(F)c4F)cnc23)ccc1C(=O)N1CCC(C)CC1.COC(=O)C(F)(F)F. The van der Waals surface area contributed by atoms with Crippen molar-refractivity contribution in [1.29, 1.82) is 0 Å². The molecular formula is C31H30F7N5O4. The topological polar surface area (TPSA) is 98.1 Å². The van der Waals surface area contributed by atoms with Crippen molar-refractivity contribution in [2.45, 2.75) is 45.9 Å². The van der Waals surface area contributed by atoms with Gasteiger partial charge in [-0.15, -0.1) is 0 Å². The predicted molar refractivity (Wildman–Crippen MR) is 156 cm³/mol. The highest BCUT2D eigenvalue weighted by molar-refractivity contribution is 5.96. The minimum Gasteiger partial charge on any atom is -0.462 e. The Hall–Kier alpha value is -4.89. The van der Waals surface area contributed by atoms with Gasteiger partial charge in [-0.2, -0.15) is 26.3 Å². The monoisotopic (exact) mass is 669 g/mol. The molecule has 252 valence electrons. The third-order valence-electron chi connectivity index (χ3n) is 7.43. The van der Waals surface area contributed by atoms with E-state index in [1.807, 2.05) is 17.9 Å². The number of amides is 1. The van der Waals surface area contributed by atoms with Crippen LogP contribution in [0, 0.1) is 17.6 Å². The molecule has 3 heterocycles. The molecule has 0 saturated carbocycles. The maximum atomic E-state index is 14.8. The fourth-order valence-corrected chi connectivity index (χ4v) is 4.93. The van der Waals surface area contributed by atoms with Crippen molar-refractivity contribution in [3.05, 3.63) is 71.7 Å². The molecule has 0 atom stereocenters. The van der Waals surface area contributed by atoms with E-state index in [1.165, 1.54) is 23.0 Å². The average Bonchev–Trinajstić information content (AvgIpc) is 3.47. The van der Waals surface area contributed by atoms with Crippen molar-refractivity contribution in [2.75, 3.05) is 25.5 Å². The Morgan fingerprint density at radius 1 is 1.06 bits per heavy atom. The van der Waals surface area contributed by atoms with Crippen LogP contribution in [-0.2, 0) is 16.0 Å². The molecule has 1 amide bonds. The zero-order valence-electron chi connectivity index (χ0n) is 25.4. The van der Waals surface area contributed by atoms with Gasteiger partial charge in [0.1, 0.15) is 0 Å². The number of alkyl halides is 5. The van der Waals surface area contributed by atoms with E-state index in [-0.39, 0.29) is 17.2 Å². The maximum absolute atomic E-state index is 14.8. The number of carbonyl (C=O) groups excluding carboxylic acids is 2. The van der Waals surface area contributed by atoms with Gasteiger partial charge in [0, 0.05) is 42.3 Å². The molecule has 0 spiro atoms. The number of nitrogens with one attached hydrogen (secondary N) is 1. The minimum atomic E-state index is -4.85. The molecule has 0 aliphatic carbocycles. The second-order valence-corrected chi connectivity index (χ2v) is 10.5. The van der Waals surface area contributed by atoms with Gasteiger partial charge in [0.15, 0.2) is 23.0 Å². The summed E-state index contributed by atoms with van der Waals surface area (Å²) in [4.78, 5) is 33.2. The normalized spacial score (nSPS) is 13.7. The van der Waals surface area contributed by atoms with Crippen molar-refractivity contribution in [1.82, 2.24) is 19.3 Å². The summed E-state index contributed by atoms with van der Waals surface area (Å²) in [6, 6.07) is 7.59. The number of imidazole rings is 1. The second kappa shape index (κ2) is 14.7. The quantitative estimate of drug-likeness (QED) is 0.165. The summed E-state index contributed by atoms with van der Waals surface area (Å²) < 4.78 is 95.9. The van der Waals surface area contributed by atoms with Gasteiger partial charge in [0.05, 0.1) is 19.0 Å². The molecule has 1 aliphatic heterocycles. The summed E-state index contributed by atoms with van der Waals surface area (Å²) >= 11 is 0. The lowest BCUT2D eigenvalue weighted by atomic mass is 9.97. The molecule has 1 saturated heterocycles. The number of hydrogen-bond donors (Lipinski definition) is 1. The summed E-state index contributed by atoms with van der Waals surface area (Å²) in [5.74, 6) is -4.89. The van der Waals surface area contributed by atoms with Crippen LogP contribution in [0.1, 0.15) is 42.6 Å². The first-order valence-corrected chi connectivity index (χ1v) is 14.3. The zero-order valence-corrected chi connectivity index (χ0v) is 25.4. The van der Waals surface area contributed by atoms with Gasteiger partial charge < -0.3 is 19.7 Å². The summed E-state index contributed by atoms with van der Waals surface area (Å²) in [5.41, 5.74) is 2.60. The Balaban J connectivity index is 0.000000555. The highest BCUT2D eigenvalue weighted by Crippen LogP contribution is 2.32. The Bertz CT molecular complexity index is 1740. The van der Waals surface area contributed by atoms with Crippen LogP contribution in [-0.4, -0.2) is 64.1 Å². The number of hydrogen-bond acceptors (Lipinski definition) is 7. The number of nitrogens with zero attached hydrogens (tertiary/aromatic N) is 4. The Morgan fingerprint density at radius 2 is 1.77 bits per heavy atom. The largest absolute Gasteiger partial charge is 0.490 e. The lowest BCUT2D eigenvalue weighted by Gasteiger charge is -2.31. The van der Waals surface area contributed by atoms with E-state index in [9.17, 15) is 40.3 Å². The third-order valence-corrected chi connectivity index (χ3v) is 7.43.